The Morgan fingerprint density at radius 1 is 0.254 bits per heavy atom. The highest BCUT2D eigenvalue weighted by atomic mass is 15.1. The van der Waals surface area contributed by atoms with Crippen LogP contribution < -0.4 is 9.80 Å². The van der Waals surface area contributed by atoms with Gasteiger partial charge in [-0.15, -0.1) is 0 Å². The number of nitrogens with zero attached hydrogens (tertiary/aromatic N) is 2. The lowest BCUT2D eigenvalue weighted by Gasteiger charge is -2.26. The molecule has 63 heavy (non-hydrogen) atoms. The number of anilines is 6. The van der Waals surface area contributed by atoms with E-state index in [2.05, 4.69) is 265 Å². The van der Waals surface area contributed by atoms with Crippen LogP contribution in [0.25, 0.3) is 65.7 Å². The molecule has 0 radical (unpaired) electrons. The van der Waals surface area contributed by atoms with Crippen molar-refractivity contribution in [2.75, 3.05) is 9.80 Å². The second-order valence-electron chi connectivity index (χ2n) is 16.2. The number of para-hydroxylation sites is 4. The molecule has 11 aromatic rings. The summed E-state index contributed by atoms with van der Waals surface area (Å²) in [5.74, 6) is 0. The lowest BCUT2D eigenvalue weighted by molar-refractivity contribution is 1.28. The van der Waals surface area contributed by atoms with Crippen molar-refractivity contribution in [1.82, 2.24) is 0 Å². The predicted molar refractivity (Wildman–Crippen MR) is 269 cm³/mol. The third-order valence-electron chi connectivity index (χ3n) is 12.3. The van der Waals surface area contributed by atoms with Gasteiger partial charge in [0.25, 0.3) is 0 Å². The summed E-state index contributed by atoms with van der Waals surface area (Å²) in [5, 5.41) is 7.50. The minimum atomic E-state index is 1.10. The standard InChI is InChI=1S/C61H44N2/c1-43-30-32-44(33-31-43)57-42-58(45-34-38-51(39-35-45)62(47-18-6-2-7-19-47)48-20-8-3-9-21-48)60-55-28-16-14-26-53(55)54-27-15-17-29-56(54)61(60)59(57)46-36-40-52(41-37-46)63(49-22-10-4-11-23-49)50-24-12-5-13-25-50/h2-42H,1H3. The van der Waals surface area contributed by atoms with Crippen LogP contribution in [0.3, 0.4) is 0 Å². The summed E-state index contributed by atoms with van der Waals surface area (Å²) in [4.78, 5) is 4.65. The summed E-state index contributed by atoms with van der Waals surface area (Å²) in [5.41, 5.74) is 15.1. The molecule has 0 bridgehead atoms. The Balaban J connectivity index is 1.17. The van der Waals surface area contributed by atoms with Gasteiger partial charge in [-0.2, -0.15) is 0 Å². The predicted octanol–water partition coefficient (Wildman–Crippen LogP) is 17.4. The van der Waals surface area contributed by atoms with Crippen molar-refractivity contribution >= 4 is 66.4 Å². The van der Waals surface area contributed by atoms with E-state index < -0.39 is 0 Å². The van der Waals surface area contributed by atoms with Crippen LogP contribution in [0, 0.1) is 6.92 Å². The summed E-state index contributed by atoms with van der Waals surface area (Å²) in [6.45, 7) is 2.16. The fraction of sp³-hybridized carbons (Fsp3) is 0.0164. The third kappa shape index (κ3) is 6.98. The highest BCUT2D eigenvalue weighted by molar-refractivity contribution is 6.33. The molecule has 0 heterocycles. The Labute approximate surface area is 369 Å². The number of benzene rings is 11. The second kappa shape index (κ2) is 16.3. The van der Waals surface area contributed by atoms with E-state index in [4.69, 9.17) is 0 Å². The van der Waals surface area contributed by atoms with Crippen molar-refractivity contribution in [1.29, 1.82) is 0 Å². The van der Waals surface area contributed by atoms with Crippen molar-refractivity contribution in [3.8, 4) is 33.4 Å². The summed E-state index contributed by atoms with van der Waals surface area (Å²) in [6, 6.07) is 90.3. The first-order valence-electron chi connectivity index (χ1n) is 21.7. The van der Waals surface area contributed by atoms with Crippen molar-refractivity contribution < 1.29 is 0 Å². The van der Waals surface area contributed by atoms with Gasteiger partial charge in [-0.3, -0.25) is 0 Å². The van der Waals surface area contributed by atoms with E-state index in [0.29, 0.717) is 0 Å². The molecule has 0 amide bonds. The number of fused-ring (bicyclic) bond motifs is 6. The maximum atomic E-state index is 2.46. The van der Waals surface area contributed by atoms with E-state index in [1.54, 1.807) is 0 Å². The Morgan fingerprint density at radius 3 is 1.00 bits per heavy atom. The smallest absolute Gasteiger partial charge is 0.0462 e. The number of rotatable bonds is 9. The van der Waals surface area contributed by atoms with Crippen LogP contribution in [0.1, 0.15) is 5.56 Å². The van der Waals surface area contributed by atoms with Gasteiger partial charge in [0.05, 0.1) is 0 Å². The molecule has 0 aliphatic heterocycles. The van der Waals surface area contributed by atoms with Crippen LogP contribution in [0.4, 0.5) is 34.1 Å². The van der Waals surface area contributed by atoms with Gasteiger partial charge in [0.2, 0.25) is 0 Å². The van der Waals surface area contributed by atoms with Gasteiger partial charge < -0.3 is 9.80 Å². The first-order valence-corrected chi connectivity index (χ1v) is 21.7. The van der Waals surface area contributed by atoms with E-state index in [-0.39, 0.29) is 0 Å². The first kappa shape index (κ1) is 37.8. The molecule has 11 rings (SSSR count). The molecule has 11 aromatic carbocycles. The summed E-state index contributed by atoms with van der Waals surface area (Å²) >= 11 is 0. The van der Waals surface area contributed by atoms with E-state index in [1.807, 2.05) is 0 Å². The van der Waals surface area contributed by atoms with E-state index >= 15 is 0 Å². The minimum Gasteiger partial charge on any atom is -0.311 e. The fourth-order valence-electron chi connectivity index (χ4n) is 9.36. The topological polar surface area (TPSA) is 6.48 Å². The normalized spacial score (nSPS) is 11.3. The van der Waals surface area contributed by atoms with Crippen LogP contribution in [-0.2, 0) is 0 Å². The van der Waals surface area contributed by atoms with Crippen molar-refractivity contribution in [3.63, 3.8) is 0 Å². The fourth-order valence-corrected chi connectivity index (χ4v) is 9.36. The highest BCUT2D eigenvalue weighted by Crippen LogP contribution is 2.50. The average Bonchev–Trinajstić information content (AvgIpc) is 3.36. The Bertz CT molecular complexity index is 3270. The molecule has 0 aromatic heterocycles. The summed E-state index contributed by atoms with van der Waals surface area (Å²) in [7, 11) is 0. The van der Waals surface area contributed by atoms with Crippen LogP contribution in [0.5, 0.6) is 0 Å². The zero-order valence-corrected chi connectivity index (χ0v) is 35.1. The molecule has 0 atom stereocenters. The van der Waals surface area contributed by atoms with Crippen LogP contribution in [0.2, 0.25) is 0 Å². The highest BCUT2D eigenvalue weighted by Gasteiger charge is 2.23. The Hall–Kier alpha value is -8.20. The molecule has 0 unspecified atom stereocenters. The van der Waals surface area contributed by atoms with E-state index in [0.717, 1.165) is 34.1 Å². The second-order valence-corrected chi connectivity index (χ2v) is 16.2. The van der Waals surface area contributed by atoms with Gasteiger partial charge in [0.1, 0.15) is 0 Å². The van der Waals surface area contributed by atoms with Gasteiger partial charge in [0.15, 0.2) is 0 Å². The van der Waals surface area contributed by atoms with Gasteiger partial charge in [-0.25, -0.2) is 0 Å². The molecule has 2 heteroatoms. The van der Waals surface area contributed by atoms with E-state index in [9.17, 15) is 0 Å². The molecular formula is C61H44N2. The largest absolute Gasteiger partial charge is 0.311 e. The summed E-state index contributed by atoms with van der Waals surface area (Å²) < 4.78 is 0. The zero-order chi connectivity index (χ0) is 42.1. The van der Waals surface area contributed by atoms with Crippen molar-refractivity contribution in [3.05, 3.63) is 254 Å². The molecule has 0 saturated carbocycles. The molecule has 298 valence electrons. The number of hydrogen-bond acceptors (Lipinski definition) is 2. The lowest BCUT2D eigenvalue weighted by atomic mass is 9.81. The molecule has 0 fully saturated rings. The van der Waals surface area contributed by atoms with Gasteiger partial charge in [0, 0.05) is 34.1 Å². The lowest BCUT2D eigenvalue weighted by Crippen LogP contribution is -2.09. The average molecular weight is 805 g/mol. The Kier molecular flexibility index (Phi) is 9.80. The molecule has 0 spiro atoms. The molecule has 0 N–H and O–H groups in total. The zero-order valence-electron chi connectivity index (χ0n) is 35.1. The van der Waals surface area contributed by atoms with Crippen molar-refractivity contribution in [2.24, 2.45) is 0 Å². The monoisotopic (exact) mass is 804 g/mol. The van der Waals surface area contributed by atoms with Gasteiger partial charge >= 0.3 is 0 Å². The van der Waals surface area contributed by atoms with E-state index in [1.165, 1.54) is 71.3 Å². The first-order chi connectivity index (χ1) is 31.2. The quantitative estimate of drug-likeness (QED) is 0.134. The van der Waals surface area contributed by atoms with Gasteiger partial charge in [-0.1, -0.05) is 175 Å². The maximum absolute atomic E-state index is 2.46. The molecular weight excluding hydrogens is 761 g/mol. The van der Waals surface area contributed by atoms with Crippen LogP contribution >= 0.6 is 0 Å². The SMILES string of the molecule is Cc1ccc(-c2cc(-c3ccc(N(c4ccccc4)c4ccccc4)cc3)c3c4ccccc4c4ccccc4c3c2-c2ccc(N(c3ccccc3)c3ccccc3)cc2)cc1. The third-order valence-corrected chi connectivity index (χ3v) is 12.3. The molecule has 0 saturated heterocycles. The Morgan fingerprint density at radius 2 is 0.571 bits per heavy atom. The number of hydrogen-bond donors (Lipinski definition) is 0. The maximum Gasteiger partial charge on any atom is 0.0462 e. The molecule has 0 aliphatic carbocycles. The van der Waals surface area contributed by atoms with Crippen LogP contribution in [-0.4, -0.2) is 0 Å². The molecule has 0 aliphatic rings. The number of aryl methyl sites for hydroxylation is 1. The van der Waals surface area contributed by atoms with Gasteiger partial charge in [-0.05, 0) is 151 Å². The van der Waals surface area contributed by atoms with Crippen LogP contribution in [0.15, 0.2) is 249 Å². The molecule has 2 nitrogen and oxygen atoms in total. The minimum absolute atomic E-state index is 1.10. The van der Waals surface area contributed by atoms with Crippen molar-refractivity contribution in [2.45, 2.75) is 6.92 Å². The summed E-state index contributed by atoms with van der Waals surface area (Å²) in [6.07, 6.45) is 0.